The maximum Gasteiger partial charge on any atom is 0.208 e. The first-order valence-electron chi connectivity index (χ1n) is 6.90. The number of nitrogens with two attached hydrogens (primary N) is 1. The SMILES string of the molecule is CC(C)C1CCC(N)C(Sc2nnc(N(C)C)s2)C1. The van der Waals surface area contributed by atoms with Crippen LogP contribution in [-0.2, 0) is 0 Å². The van der Waals surface area contributed by atoms with Crippen LogP contribution in [0.3, 0.4) is 0 Å². The molecule has 1 saturated carbocycles. The lowest BCUT2D eigenvalue weighted by Crippen LogP contribution is -2.39. The molecule has 0 aromatic carbocycles. The normalized spacial score (nSPS) is 27.8. The number of rotatable bonds is 4. The third-order valence-corrected chi connectivity index (χ3v) is 6.41. The highest BCUT2D eigenvalue weighted by Gasteiger charge is 2.31. The summed E-state index contributed by atoms with van der Waals surface area (Å²) < 4.78 is 1.05. The van der Waals surface area contributed by atoms with Crippen LogP contribution in [0.15, 0.2) is 4.34 Å². The predicted octanol–water partition coefficient (Wildman–Crippen LogP) is 2.85. The maximum atomic E-state index is 6.28. The zero-order valence-electron chi connectivity index (χ0n) is 12.2. The fourth-order valence-electron chi connectivity index (χ4n) is 2.48. The molecule has 3 unspecified atom stereocenters. The summed E-state index contributed by atoms with van der Waals surface area (Å²) in [6, 6.07) is 0.298. The fraction of sp³-hybridized carbons (Fsp3) is 0.846. The van der Waals surface area contributed by atoms with E-state index in [2.05, 4.69) is 24.0 Å². The molecule has 2 N–H and O–H groups in total. The largest absolute Gasteiger partial charge is 0.353 e. The first-order valence-corrected chi connectivity index (χ1v) is 8.60. The summed E-state index contributed by atoms with van der Waals surface area (Å²) in [5.74, 6) is 1.56. The molecule has 1 aromatic rings. The molecule has 0 saturated heterocycles. The van der Waals surface area contributed by atoms with E-state index >= 15 is 0 Å². The summed E-state index contributed by atoms with van der Waals surface area (Å²) in [4.78, 5) is 2.00. The molecule has 1 aliphatic carbocycles. The Labute approximate surface area is 124 Å². The molecule has 1 heterocycles. The number of hydrogen-bond donors (Lipinski definition) is 1. The summed E-state index contributed by atoms with van der Waals surface area (Å²) in [6.45, 7) is 4.64. The molecular weight excluding hydrogens is 276 g/mol. The second-order valence-electron chi connectivity index (χ2n) is 5.88. The van der Waals surface area contributed by atoms with Crippen LogP contribution in [0.1, 0.15) is 33.1 Å². The minimum atomic E-state index is 0.298. The summed E-state index contributed by atoms with van der Waals surface area (Å²) in [5, 5.41) is 9.92. The summed E-state index contributed by atoms with van der Waals surface area (Å²) in [7, 11) is 3.99. The van der Waals surface area contributed by atoms with Crippen LogP contribution in [0.25, 0.3) is 0 Å². The predicted molar refractivity (Wildman–Crippen MR) is 84.0 cm³/mol. The highest BCUT2D eigenvalue weighted by molar-refractivity contribution is 8.01. The second-order valence-corrected chi connectivity index (χ2v) is 8.32. The lowest BCUT2D eigenvalue weighted by molar-refractivity contribution is 0.266. The van der Waals surface area contributed by atoms with Crippen LogP contribution in [0.5, 0.6) is 0 Å². The zero-order valence-corrected chi connectivity index (χ0v) is 13.8. The smallest absolute Gasteiger partial charge is 0.208 e. The van der Waals surface area contributed by atoms with Gasteiger partial charge in [0.05, 0.1) is 0 Å². The molecule has 19 heavy (non-hydrogen) atoms. The summed E-state index contributed by atoms with van der Waals surface area (Å²) in [6.07, 6.45) is 3.62. The Morgan fingerprint density at radius 2 is 2.05 bits per heavy atom. The van der Waals surface area contributed by atoms with Crippen molar-refractivity contribution in [3.05, 3.63) is 0 Å². The number of aromatic nitrogens is 2. The third-order valence-electron chi connectivity index (χ3n) is 3.86. The Balaban J connectivity index is 1.99. The van der Waals surface area contributed by atoms with E-state index in [1.54, 1.807) is 11.3 Å². The molecule has 0 spiro atoms. The van der Waals surface area contributed by atoms with E-state index in [0.717, 1.165) is 27.7 Å². The van der Waals surface area contributed by atoms with Gasteiger partial charge in [-0.05, 0) is 31.1 Å². The molecule has 2 rings (SSSR count). The summed E-state index contributed by atoms with van der Waals surface area (Å²) >= 11 is 3.48. The van der Waals surface area contributed by atoms with Gasteiger partial charge in [0, 0.05) is 25.4 Å². The number of anilines is 1. The van der Waals surface area contributed by atoms with Crippen molar-refractivity contribution in [2.24, 2.45) is 17.6 Å². The molecule has 0 aliphatic heterocycles. The lowest BCUT2D eigenvalue weighted by Gasteiger charge is -2.35. The van der Waals surface area contributed by atoms with Gasteiger partial charge in [0.2, 0.25) is 5.13 Å². The van der Waals surface area contributed by atoms with E-state index < -0.39 is 0 Å². The molecule has 6 heteroatoms. The van der Waals surface area contributed by atoms with Gasteiger partial charge in [0.15, 0.2) is 4.34 Å². The Kier molecular flexibility index (Phi) is 5.09. The van der Waals surface area contributed by atoms with E-state index in [1.807, 2.05) is 30.8 Å². The van der Waals surface area contributed by atoms with Crippen LogP contribution < -0.4 is 10.6 Å². The van der Waals surface area contributed by atoms with Gasteiger partial charge in [-0.3, -0.25) is 0 Å². The molecule has 0 radical (unpaired) electrons. The Morgan fingerprint density at radius 3 is 2.63 bits per heavy atom. The van der Waals surface area contributed by atoms with Gasteiger partial charge in [0.25, 0.3) is 0 Å². The van der Waals surface area contributed by atoms with Gasteiger partial charge >= 0.3 is 0 Å². The first kappa shape index (κ1) is 15.1. The van der Waals surface area contributed by atoms with Crippen molar-refractivity contribution in [2.45, 2.75) is 48.7 Å². The van der Waals surface area contributed by atoms with Crippen molar-refractivity contribution in [1.82, 2.24) is 10.2 Å². The average Bonchev–Trinajstić information content (AvgIpc) is 2.80. The summed E-state index contributed by atoms with van der Waals surface area (Å²) in [5.41, 5.74) is 6.28. The zero-order chi connectivity index (χ0) is 14.0. The quantitative estimate of drug-likeness (QED) is 0.926. The monoisotopic (exact) mass is 300 g/mol. The van der Waals surface area contributed by atoms with Crippen molar-refractivity contribution in [3.63, 3.8) is 0 Å². The van der Waals surface area contributed by atoms with Gasteiger partial charge in [-0.2, -0.15) is 0 Å². The average molecular weight is 300 g/mol. The molecule has 1 aliphatic rings. The molecule has 108 valence electrons. The standard InChI is InChI=1S/C13H24N4S2/c1-8(2)9-5-6-10(14)11(7-9)18-13-16-15-12(19-13)17(3)4/h8-11H,5-7,14H2,1-4H3. The van der Waals surface area contributed by atoms with Crippen LogP contribution in [0, 0.1) is 11.8 Å². The number of nitrogens with zero attached hydrogens (tertiary/aromatic N) is 3. The first-order chi connectivity index (χ1) is 8.97. The molecule has 4 nitrogen and oxygen atoms in total. The Hall–Kier alpha value is -0.330. The molecule has 0 bridgehead atoms. The second kappa shape index (κ2) is 6.41. The molecule has 1 fully saturated rings. The van der Waals surface area contributed by atoms with Crippen molar-refractivity contribution < 1.29 is 0 Å². The number of thioether (sulfide) groups is 1. The lowest BCUT2D eigenvalue weighted by atomic mass is 9.79. The molecular formula is C13H24N4S2. The topological polar surface area (TPSA) is 55.0 Å². The van der Waals surface area contributed by atoms with Gasteiger partial charge in [-0.25, -0.2) is 0 Å². The number of hydrogen-bond acceptors (Lipinski definition) is 6. The van der Waals surface area contributed by atoms with E-state index in [0.29, 0.717) is 11.3 Å². The van der Waals surface area contributed by atoms with E-state index in [-0.39, 0.29) is 0 Å². The van der Waals surface area contributed by atoms with Crippen molar-refractivity contribution in [2.75, 3.05) is 19.0 Å². The van der Waals surface area contributed by atoms with Crippen LogP contribution in [0.4, 0.5) is 5.13 Å². The minimum absolute atomic E-state index is 0.298. The van der Waals surface area contributed by atoms with Gasteiger partial charge in [-0.1, -0.05) is 36.9 Å². The highest BCUT2D eigenvalue weighted by Crippen LogP contribution is 2.40. The maximum absolute atomic E-state index is 6.28. The van der Waals surface area contributed by atoms with Gasteiger partial charge in [0.1, 0.15) is 0 Å². The van der Waals surface area contributed by atoms with Gasteiger partial charge in [-0.15, -0.1) is 10.2 Å². The van der Waals surface area contributed by atoms with Crippen molar-refractivity contribution in [1.29, 1.82) is 0 Å². The highest BCUT2D eigenvalue weighted by atomic mass is 32.2. The van der Waals surface area contributed by atoms with E-state index in [1.165, 1.54) is 12.8 Å². The minimum Gasteiger partial charge on any atom is -0.353 e. The Morgan fingerprint density at radius 1 is 1.32 bits per heavy atom. The molecule has 3 atom stereocenters. The fourth-order valence-corrected chi connectivity index (χ4v) is 4.77. The van der Waals surface area contributed by atoms with Crippen LogP contribution in [-0.4, -0.2) is 35.6 Å². The van der Waals surface area contributed by atoms with E-state index in [4.69, 9.17) is 5.73 Å². The van der Waals surface area contributed by atoms with Crippen molar-refractivity contribution in [3.8, 4) is 0 Å². The van der Waals surface area contributed by atoms with Gasteiger partial charge < -0.3 is 10.6 Å². The molecule has 0 amide bonds. The van der Waals surface area contributed by atoms with Crippen LogP contribution >= 0.6 is 23.1 Å². The van der Waals surface area contributed by atoms with Crippen molar-refractivity contribution >= 4 is 28.2 Å². The Bertz CT molecular complexity index is 405. The molecule has 1 aromatic heterocycles. The van der Waals surface area contributed by atoms with E-state index in [9.17, 15) is 0 Å². The third kappa shape index (κ3) is 3.83. The van der Waals surface area contributed by atoms with Crippen LogP contribution in [0.2, 0.25) is 0 Å².